The van der Waals surface area contributed by atoms with Crippen molar-refractivity contribution in [3.63, 3.8) is 0 Å². The lowest BCUT2D eigenvalue weighted by atomic mass is 10.1. The Morgan fingerprint density at radius 2 is 1.66 bits per heavy atom. The lowest BCUT2D eigenvalue weighted by Crippen LogP contribution is -2.23. The predicted molar refractivity (Wildman–Crippen MR) is 105 cm³/mol. The number of hydrogen-bond acceptors (Lipinski definition) is 5. The number of rotatable bonds is 7. The molecule has 150 valence electrons. The maximum atomic E-state index is 12.1. The van der Waals surface area contributed by atoms with Gasteiger partial charge in [-0.25, -0.2) is 4.79 Å². The van der Waals surface area contributed by atoms with Gasteiger partial charge in [0.1, 0.15) is 0 Å². The standard InChI is InChI=1S/C21H21N3O5/c22-20(27)15-7-9-17(10-8-15)23-18(25)13-29-21(28)16-5-3-14(4-6-16)12-24-11-1-2-19(24)26/h3-10H,1-2,11-13H2,(H2,22,27)(H,23,25). The molecule has 0 spiro atoms. The van der Waals surface area contributed by atoms with Gasteiger partial charge in [0.15, 0.2) is 6.61 Å². The van der Waals surface area contributed by atoms with Gasteiger partial charge in [0.05, 0.1) is 5.56 Å². The molecule has 0 bridgehead atoms. The molecule has 0 atom stereocenters. The molecule has 1 saturated heterocycles. The Morgan fingerprint density at radius 3 is 2.24 bits per heavy atom. The number of esters is 1. The number of nitrogens with one attached hydrogen (secondary N) is 1. The summed E-state index contributed by atoms with van der Waals surface area (Å²) in [6.07, 6.45) is 1.46. The second kappa shape index (κ2) is 9.01. The number of hydrogen-bond donors (Lipinski definition) is 2. The molecule has 3 N–H and O–H groups in total. The second-order valence-electron chi connectivity index (χ2n) is 6.68. The minimum absolute atomic E-state index is 0.142. The minimum Gasteiger partial charge on any atom is -0.452 e. The number of nitrogens with zero attached hydrogens (tertiary/aromatic N) is 1. The van der Waals surface area contributed by atoms with Gasteiger partial charge in [-0.15, -0.1) is 0 Å². The Balaban J connectivity index is 1.47. The third-order valence-corrected chi connectivity index (χ3v) is 4.52. The van der Waals surface area contributed by atoms with E-state index in [1.807, 2.05) is 0 Å². The van der Waals surface area contributed by atoms with Crippen molar-refractivity contribution in [2.24, 2.45) is 5.73 Å². The summed E-state index contributed by atoms with van der Waals surface area (Å²) in [7, 11) is 0. The molecule has 2 aromatic rings. The summed E-state index contributed by atoms with van der Waals surface area (Å²) in [6.45, 7) is 0.828. The summed E-state index contributed by atoms with van der Waals surface area (Å²) in [6, 6.07) is 12.8. The number of nitrogens with two attached hydrogens (primary N) is 1. The lowest BCUT2D eigenvalue weighted by molar-refractivity contribution is -0.128. The van der Waals surface area contributed by atoms with E-state index in [9.17, 15) is 19.2 Å². The first-order valence-corrected chi connectivity index (χ1v) is 9.16. The molecule has 2 aromatic carbocycles. The van der Waals surface area contributed by atoms with E-state index in [-0.39, 0.29) is 5.91 Å². The number of primary amides is 1. The normalized spacial score (nSPS) is 13.2. The van der Waals surface area contributed by atoms with Gasteiger partial charge < -0.3 is 20.7 Å². The maximum absolute atomic E-state index is 12.1. The van der Waals surface area contributed by atoms with Gasteiger partial charge in [-0.3, -0.25) is 14.4 Å². The van der Waals surface area contributed by atoms with E-state index in [2.05, 4.69) is 5.32 Å². The van der Waals surface area contributed by atoms with Crippen molar-refractivity contribution >= 4 is 29.4 Å². The summed E-state index contributed by atoms with van der Waals surface area (Å²) in [5, 5.41) is 2.56. The van der Waals surface area contributed by atoms with Gasteiger partial charge in [-0.1, -0.05) is 12.1 Å². The fraction of sp³-hybridized carbons (Fsp3) is 0.238. The molecule has 0 saturated carbocycles. The molecule has 3 amide bonds. The summed E-state index contributed by atoms with van der Waals surface area (Å²) in [5.74, 6) is -1.54. The lowest BCUT2D eigenvalue weighted by Gasteiger charge is -2.15. The number of ether oxygens (including phenoxy) is 1. The Bertz CT molecular complexity index is 922. The minimum atomic E-state index is -0.618. The quantitative estimate of drug-likeness (QED) is 0.692. The highest BCUT2D eigenvalue weighted by molar-refractivity contribution is 5.96. The van der Waals surface area contributed by atoms with Crippen LogP contribution < -0.4 is 11.1 Å². The number of likely N-dealkylation sites (tertiary alicyclic amines) is 1. The van der Waals surface area contributed by atoms with E-state index < -0.39 is 24.4 Å². The molecule has 29 heavy (non-hydrogen) atoms. The molecule has 1 heterocycles. The third kappa shape index (κ3) is 5.41. The van der Waals surface area contributed by atoms with Gasteiger partial charge in [0.2, 0.25) is 11.8 Å². The number of anilines is 1. The van der Waals surface area contributed by atoms with Crippen molar-refractivity contribution in [3.8, 4) is 0 Å². The van der Waals surface area contributed by atoms with E-state index in [0.29, 0.717) is 29.8 Å². The molecule has 1 fully saturated rings. The van der Waals surface area contributed by atoms with Crippen LogP contribution >= 0.6 is 0 Å². The van der Waals surface area contributed by atoms with Gasteiger partial charge >= 0.3 is 5.97 Å². The SMILES string of the molecule is NC(=O)c1ccc(NC(=O)COC(=O)c2ccc(CN3CCCC3=O)cc2)cc1. The van der Waals surface area contributed by atoms with Gasteiger partial charge in [0, 0.05) is 30.8 Å². The Morgan fingerprint density at radius 1 is 1.00 bits per heavy atom. The highest BCUT2D eigenvalue weighted by Crippen LogP contribution is 2.15. The number of carbonyl (C=O) groups excluding carboxylic acids is 4. The molecule has 3 rings (SSSR count). The molecule has 0 aromatic heterocycles. The Labute approximate surface area is 167 Å². The van der Waals surface area contributed by atoms with Crippen molar-refractivity contribution < 1.29 is 23.9 Å². The van der Waals surface area contributed by atoms with Crippen LogP contribution in [0.2, 0.25) is 0 Å². The van der Waals surface area contributed by atoms with E-state index in [1.165, 1.54) is 24.3 Å². The first-order chi connectivity index (χ1) is 13.9. The molecule has 1 aliphatic heterocycles. The fourth-order valence-corrected chi connectivity index (χ4v) is 2.97. The van der Waals surface area contributed by atoms with E-state index in [0.717, 1.165) is 18.5 Å². The summed E-state index contributed by atoms with van der Waals surface area (Å²) in [4.78, 5) is 48.5. The zero-order valence-electron chi connectivity index (χ0n) is 15.7. The van der Waals surface area contributed by atoms with Crippen molar-refractivity contribution in [1.29, 1.82) is 0 Å². The highest BCUT2D eigenvalue weighted by atomic mass is 16.5. The smallest absolute Gasteiger partial charge is 0.338 e. The van der Waals surface area contributed by atoms with E-state index in [4.69, 9.17) is 10.5 Å². The number of benzene rings is 2. The van der Waals surface area contributed by atoms with E-state index >= 15 is 0 Å². The van der Waals surface area contributed by atoms with Crippen LogP contribution in [0, 0.1) is 0 Å². The van der Waals surface area contributed by atoms with Crippen LogP contribution in [-0.4, -0.2) is 41.7 Å². The van der Waals surface area contributed by atoms with E-state index in [1.54, 1.807) is 29.2 Å². The Hall–Kier alpha value is -3.68. The average molecular weight is 395 g/mol. The molecule has 0 aliphatic carbocycles. The zero-order chi connectivity index (χ0) is 20.8. The summed E-state index contributed by atoms with van der Waals surface area (Å²) < 4.78 is 5.02. The van der Waals surface area contributed by atoms with Crippen LogP contribution in [0.3, 0.4) is 0 Å². The van der Waals surface area contributed by atoms with Crippen LogP contribution in [0.25, 0.3) is 0 Å². The fourth-order valence-electron chi connectivity index (χ4n) is 2.97. The first kappa shape index (κ1) is 20.1. The maximum Gasteiger partial charge on any atom is 0.338 e. The second-order valence-corrected chi connectivity index (χ2v) is 6.68. The summed E-state index contributed by atoms with van der Waals surface area (Å²) >= 11 is 0. The van der Waals surface area contributed by atoms with Crippen LogP contribution in [0.1, 0.15) is 39.1 Å². The monoisotopic (exact) mass is 395 g/mol. The molecule has 8 nitrogen and oxygen atoms in total. The molecule has 1 aliphatic rings. The molecule has 0 unspecified atom stereocenters. The highest BCUT2D eigenvalue weighted by Gasteiger charge is 2.20. The van der Waals surface area contributed by atoms with Crippen molar-refractivity contribution in [1.82, 2.24) is 4.90 Å². The van der Waals surface area contributed by atoms with Crippen LogP contribution in [-0.2, 0) is 20.9 Å². The topological polar surface area (TPSA) is 119 Å². The largest absolute Gasteiger partial charge is 0.452 e. The first-order valence-electron chi connectivity index (χ1n) is 9.16. The predicted octanol–water partition coefficient (Wildman–Crippen LogP) is 1.70. The van der Waals surface area contributed by atoms with Crippen LogP contribution in [0.5, 0.6) is 0 Å². The molecule has 8 heteroatoms. The molecule has 0 radical (unpaired) electrons. The number of amides is 3. The molecular formula is C21H21N3O5. The third-order valence-electron chi connectivity index (χ3n) is 4.52. The van der Waals surface area contributed by atoms with Gasteiger partial charge in [-0.05, 0) is 48.4 Å². The Kier molecular flexibility index (Phi) is 6.23. The van der Waals surface area contributed by atoms with Crippen LogP contribution in [0.15, 0.2) is 48.5 Å². The van der Waals surface area contributed by atoms with Gasteiger partial charge in [0.25, 0.3) is 5.91 Å². The summed E-state index contributed by atoms with van der Waals surface area (Å²) in [5.41, 5.74) is 7.18. The molecular weight excluding hydrogens is 374 g/mol. The van der Waals surface area contributed by atoms with Crippen molar-refractivity contribution in [2.45, 2.75) is 19.4 Å². The van der Waals surface area contributed by atoms with Crippen molar-refractivity contribution in [3.05, 3.63) is 65.2 Å². The van der Waals surface area contributed by atoms with Crippen LogP contribution in [0.4, 0.5) is 5.69 Å². The van der Waals surface area contributed by atoms with Gasteiger partial charge in [-0.2, -0.15) is 0 Å². The zero-order valence-corrected chi connectivity index (χ0v) is 15.7. The number of carbonyl (C=O) groups is 4. The average Bonchev–Trinajstić information content (AvgIpc) is 3.11. The van der Waals surface area contributed by atoms with Crippen molar-refractivity contribution in [2.75, 3.05) is 18.5 Å².